The number of hydrogen-bond donors (Lipinski definition) is 1. The lowest BCUT2D eigenvalue weighted by atomic mass is 10.1. The fourth-order valence-electron chi connectivity index (χ4n) is 2.65. The Bertz CT molecular complexity index is 542. The van der Waals surface area contributed by atoms with E-state index in [0.717, 1.165) is 29.5 Å². The van der Waals surface area contributed by atoms with Crippen LogP contribution in [0.4, 0.5) is 0 Å². The minimum atomic E-state index is -3.45. The zero-order valence-electron chi connectivity index (χ0n) is 11.5. The van der Waals surface area contributed by atoms with Crippen LogP contribution in [0.2, 0.25) is 0 Å². The van der Waals surface area contributed by atoms with Crippen molar-refractivity contribution < 1.29 is 13.5 Å². The van der Waals surface area contributed by atoms with Crippen molar-refractivity contribution >= 4 is 37.3 Å². The fraction of sp³-hybridized carbons (Fsp3) is 0.692. The number of sulfonamides is 1. The molecule has 1 N–H and O–H groups in total. The summed E-state index contributed by atoms with van der Waals surface area (Å²) >= 11 is 4.56. The van der Waals surface area contributed by atoms with E-state index in [9.17, 15) is 13.5 Å². The quantitative estimate of drug-likeness (QED) is 0.870. The van der Waals surface area contributed by atoms with E-state index in [4.69, 9.17) is 0 Å². The van der Waals surface area contributed by atoms with Gasteiger partial charge in [0, 0.05) is 12.6 Å². The summed E-state index contributed by atoms with van der Waals surface area (Å²) in [5.74, 6) is 0. The topological polar surface area (TPSA) is 57.6 Å². The lowest BCUT2D eigenvalue weighted by molar-refractivity contribution is 0.147. The summed E-state index contributed by atoms with van der Waals surface area (Å²) < 4.78 is 28.4. The van der Waals surface area contributed by atoms with Gasteiger partial charge >= 0.3 is 0 Å². The van der Waals surface area contributed by atoms with Crippen LogP contribution in [0.1, 0.15) is 39.0 Å². The Balaban J connectivity index is 2.29. The Morgan fingerprint density at radius 1 is 1.45 bits per heavy atom. The number of hydrogen-bond acceptors (Lipinski definition) is 4. The summed E-state index contributed by atoms with van der Waals surface area (Å²) in [5, 5.41) is 9.63. The molecule has 2 heterocycles. The van der Waals surface area contributed by atoms with Crippen molar-refractivity contribution in [1.29, 1.82) is 0 Å². The molecule has 1 aromatic rings. The lowest BCUT2D eigenvalue weighted by Gasteiger charge is -2.29. The van der Waals surface area contributed by atoms with E-state index < -0.39 is 16.1 Å². The summed E-state index contributed by atoms with van der Waals surface area (Å²) in [6, 6.07) is 3.32. The van der Waals surface area contributed by atoms with E-state index >= 15 is 0 Å². The van der Waals surface area contributed by atoms with E-state index in [1.54, 1.807) is 23.4 Å². The molecular formula is C13H20BrNO3S2. The van der Waals surface area contributed by atoms with Crippen molar-refractivity contribution in [3.05, 3.63) is 15.9 Å². The maximum Gasteiger partial charge on any atom is 0.252 e. The van der Waals surface area contributed by atoms with Gasteiger partial charge in [0.05, 0.1) is 9.89 Å². The second-order valence-electron chi connectivity index (χ2n) is 5.26. The maximum absolute atomic E-state index is 12.8. The molecule has 0 aromatic carbocycles. The third kappa shape index (κ3) is 3.82. The van der Waals surface area contributed by atoms with Gasteiger partial charge in [-0.05, 0) is 54.2 Å². The van der Waals surface area contributed by atoms with Gasteiger partial charge in [-0.2, -0.15) is 4.31 Å². The smallest absolute Gasteiger partial charge is 0.252 e. The molecule has 7 heteroatoms. The van der Waals surface area contributed by atoms with Crippen molar-refractivity contribution in [2.24, 2.45) is 0 Å². The molecule has 1 aliphatic heterocycles. The molecule has 2 rings (SSSR count). The van der Waals surface area contributed by atoms with Crippen molar-refractivity contribution in [2.45, 2.75) is 55.4 Å². The van der Waals surface area contributed by atoms with Gasteiger partial charge in [-0.1, -0.05) is 12.8 Å². The highest BCUT2D eigenvalue weighted by molar-refractivity contribution is 9.11. The second kappa shape index (κ2) is 6.87. The van der Waals surface area contributed by atoms with Crippen molar-refractivity contribution in [2.75, 3.05) is 6.54 Å². The summed E-state index contributed by atoms with van der Waals surface area (Å²) in [4.78, 5) is 0. The third-order valence-electron chi connectivity index (χ3n) is 3.55. The van der Waals surface area contributed by atoms with E-state index in [0.29, 0.717) is 17.2 Å². The van der Waals surface area contributed by atoms with Gasteiger partial charge in [-0.25, -0.2) is 8.42 Å². The molecule has 1 saturated heterocycles. The molecule has 1 fully saturated rings. The Morgan fingerprint density at radius 3 is 2.80 bits per heavy atom. The Kier molecular flexibility index (Phi) is 5.64. The second-order valence-corrected chi connectivity index (χ2v) is 9.84. The molecule has 0 spiro atoms. The normalized spacial score (nSPS) is 23.4. The van der Waals surface area contributed by atoms with E-state index in [-0.39, 0.29) is 6.04 Å². The van der Waals surface area contributed by atoms with Gasteiger partial charge < -0.3 is 5.11 Å². The van der Waals surface area contributed by atoms with E-state index in [1.165, 1.54) is 11.3 Å². The van der Waals surface area contributed by atoms with Gasteiger partial charge in [0.15, 0.2) is 0 Å². The zero-order chi connectivity index (χ0) is 14.8. The van der Waals surface area contributed by atoms with Gasteiger partial charge in [-0.3, -0.25) is 0 Å². The molecule has 4 nitrogen and oxygen atoms in total. The first-order valence-electron chi connectivity index (χ1n) is 6.86. The van der Waals surface area contributed by atoms with Crippen LogP contribution in [0, 0.1) is 0 Å². The van der Waals surface area contributed by atoms with Crippen molar-refractivity contribution in [3.8, 4) is 0 Å². The van der Waals surface area contributed by atoms with Gasteiger partial charge in [0.2, 0.25) is 0 Å². The molecular weight excluding hydrogens is 362 g/mol. The zero-order valence-corrected chi connectivity index (χ0v) is 14.7. The van der Waals surface area contributed by atoms with Crippen LogP contribution in [0.15, 0.2) is 20.1 Å². The van der Waals surface area contributed by atoms with Gasteiger partial charge in [0.25, 0.3) is 10.0 Å². The molecule has 0 amide bonds. The first kappa shape index (κ1) is 16.4. The highest BCUT2D eigenvalue weighted by Gasteiger charge is 2.33. The van der Waals surface area contributed by atoms with Crippen LogP contribution < -0.4 is 0 Å². The van der Waals surface area contributed by atoms with Crippen molar-refractivity contribution in [3.63, 3.8) is 0 Å². The molecule has 0 aliphatic carbocycles. The fourth-order valence-corrected chi connectivity index (χ4v) is 6.49. The Morgan fingerprint density at radius 2 is 2.20 bits per heavy atom. The average molecular weight is 382 g/mol. The van der Waals surface area contributed by atoms with Crippen molar-refractivity contribution in [1.82, 2.24) is 4.31 Å². The molecule has 0 saturated carbocycles. The first-order chi connectivity index (χ1) is 9.41. The summed E-state index contributed by atoms with van der Waals surface area (Å²) in [7, 11) is -3.45. The molecule has 1 aromatic heterocycles. The van der Waals surface area contributed by atoms with Crippen LogP contribution in [-0.2, 0) is 10.0 Å². The lowest BCUT2D eigenvalue weighted by Crippen LogP contribution is -2.41. The average Bonchev–Trinajstić information content (AvgIpc) is 2.66. The van der Waals surface area contributed by atoms with Crippen LogP contribution >= 0.6 is 27.3 Å². The highest BCUT2D eigenvalue weighted by atomic mass is 79.9. The standard InChI is InChI=1S/C13H20BrNO3S2/c1-10(16)9-11-5-3-2-4-8-15(11)20(17,18)13-7-6-12(14)19-13/h6-7,10-11,16H,2-5,8-9H2,1H3. The van der Waals surface area contributed by atoms with Gasteiger partial charge in [-0.15, -0.1) is 11.3 Å². The monoisotopic (exact) mass is 381 g/mol. The van der Waals surface area contributed by atoms with Crippen LogP contribution in [-0.4, -0.2) is 36.5 Å². The maximum atomic E-state index is 12.8. The van der Waals surface area contributed by atoms with Crippen LogP contribution in [0.5, 0.6) is 0 Å². The van der Waals surface area contributed by atoms with Crippen LogP contribution in [0.3, 0.4) is 0 Å². The number of halogens is 1. The number of aliphatic hydroxyl groups is 1. The highest BCUT2D eigenvalue weighted by Crippen LogP contribution is 2.32. The predicted octanol–water partition coefficient (Wildman–Crippen LogP) is 3.21. The van der Waals surface area contributed by atoms with Crippen LogP contribution in [0.25, 0.3) is 0 Å². The number of thiophene rings is 1. The Labute approximate surface area is 133 Å². The third-order valence-corrected chi connectivity index (χ3v) is 7.59. The molecule has 20 heavy (non-hydrogen) atoms. The molecule has 0 bridgehead atoms. The summed E-state index contributed by atoms with van der Waals surface area (Å²) in [5.41, 5.74) is 0. The molecule has 114 valence electrons. The number of aliphatic hydroxyl groups excluding tert-OH is 1. The predicted molar refractivity (Wildman–Crippen MR) is 84.5 cm³/mol. The molecule has 2 atom stereocenters. The summed E-state index contributed by atoms with van der Waals surface area (Å²) in [6.45, 7) is 2.27. The van der Waals surface area contributed by atoms with Gasteiger partial charge in [0.1, 0.15) is 4.21 Å². The SMILES string of the molecule is CC(O)CC1CCCCCN1S(=O)(=O)c1ccc(Br)s1. The number of rotatable bonds is 4. The minimum Gasteiger partial charge on any atom is -0.393 e. The molecule has 1 aliphatic rings. The minimum absolute atomic E-state index is 0.0941. The Hall–Kier alpha value is 0.0500. The van der Waals surface area contributed by atoms with E-state index in [1.807, 2.05) is 0 Å². The molecule has 0 radical (unpaired) electrons. The molecule has 2 unspecified atom stereocenters. The number of nitrogens with zero attached hydrogens (tertiary/aromatic N) is 1. The summed E-state index contributed by atoms with van der Waals surface area (Å²) in [6.07, 6.45) is 3.82. The first-order valence-corrected chi connectivity index (χ1v) is 9.91. The largest absolute Gasteiger partial charge is 0.393 e. The van der Waals surface area contributed by atoms with E-state index in [2.05, 4.69) is 15.9 Å².